The molecule has 0 spiro atoms. The molecule has 0 saturated heterocycles. The maximum Gasteiger partial charge on any atom is 0.335 e. The molecule has 58 heavy (non-hydrogen) atoms. The summed E-state index contributed by atoms with van der Waals surface area (Å²) in [5.74, 6) is -1.85. The Labute approximate surface area is 338 Å². The fourth-order valence-electron chi connectivity index (χ4n) is 9.97. The standard InChI is InChI=1S/2C26H22O3/c2*27-24-23-8-4-3-7-21(23)16-26(24,15-17-9-11-18(12-10-17)25(28)29)22-13-19-5-1-2-6-20(19)14-22/h2*1-13,24,27H,14-16H2,(H,28,29)/t2*24-,26-/m10/s1. The Morgan fingerprint density at radius 2 is 0.810 bits per heavy atom. The van der Waals surface area contributed by atoms with Gasteiger partial charge in [0.25, 0.3) is 0 Å². The highest BCUT2D eigenvalue weighted by molar-refractivity contribution is 5.88. The van der Waals surface area contributed by atoms with Gasteiger partial charge in [0.05, 0.1) is 23.3 Å². The lowest BCUT2D eigenvalue weighted by Crippen LogP contribution is -2.31. The van der Waals surface area contributed by atoms with Crippen molar-refractivity contribution < 1.29 is 30.0 Å². The minimum atomic E-state index is -0.923. The number of fused-ring (bicyclic) bond motifs is 4. The van der Waals surface area contributed by atoms with Gasteiger partial charge in [-0.25, -0.2) is 9.59 Å². The van der Waals surface area contributed by atoms with E-state index in [0.29, 0.717) is 12.8 Å². The minimum absolute atomic E-state index is 0.283. The topological polar surface area (TPSA) is 115 Å². The zero-order valence-corrected chi connectivity index (χ0v) is 32.0. The van der Waals surface area contributed by atoms with Crippen LogP contribution in [-0.2, 0) is 38.5 Å². The third kappa shape index (κ3) is 6.58. The van der Waals surface area contributed by atoms with Crippen molar-refractivity contribution in [2.45, 2.75) is 50.7 Å². The molecule has 0 bridgehead atoms. The Morgan fingerprint density at radius 1 is 0.466 bits per heavy atom. The highest BCUT2D eigenvalue weighted by atomic mass is 16.4. The summed E-state index contributed by atoms with van der Waals surface area (Å²) in [7, 11) is 0. The van der Waals surface area contributed by atoms with Gasteiger partial charge in [0.1, 0.15) is 0 Å². The van der Waals surface area contributed by atoms with E-state index in [9.17, 15) is 30.0 Å². The van der Waals surface area contributed by atoms with Gasteiger partial charge in [-0.05, 0) is 118 Å². The quantitative estimate of drug-likeness (QED) is 0.123. The van der Waals surface area contributed by atoms with Crippen LogP contribution in [0.5, 0.6) is 0 Å². The molecule has 6 nitrogen and oxygen atoms in total. The Kier molecular flexibility index (Phi) is 9.55. The van der Waals surface area contributed by atoms with Crippen LogP contribution in [0.2, 0.25) is 0 Å². The van der Waals surface area contributed by atoms with Crippen LogP contribution in [0.15, 0.2) is 157 Å². The van der Waals surface area contributed by atoms with Crippen LogP contribution >= 0.6 is 0 Å². The Hall–Kier alpha value is -6.34. The van der Waals surface area contributed by atoms with Gasteiger partial charge in [0, 0.05) is 10.8 Å². The van der Waals surface area contributed by atoms with E-state index in [2.05, 4.69) is 72.8 Å². The smallest absolute Gasteiger partial charge is 0.335 e. The fraction of sp³-hybridized carbons (Fsp3) is 0.192. The number of aliphatic hydroxyl groups is 2. The van der Waals surface area contributed by atoms with E-state index in [1.807, 2.05) is 60.7 Å². The Balaban J connectivity index is 0.000000150. The van der Waals surface area contributed by atoms with Gasteiger partial charge < -0.3 is 20.4 Å². The van der Waals surface area contributed by atoms with E-state index in [1.54, 1.807) is 24.3 Å². The summed E-state index contributed by atoms with van der Waals surface area (Å²) < 4.78 is 0. The van der Waals surface area contributed by atoms with Gasteiger partial charge in [0.2, 0.25) is 0 Å². The van der Waals surface area contributed by atoms with Crippen molar-refractivity contribution in [3.05, 3.63) is 224 Å². The molecule has 4 N–H and O–H groups in total. The predicted molar refractivity (Wildman–Crippen MR) is 226 cm³/mol. The molecule has 0 amide bonds. The highest BCUT2D eigenvalue weighted by Crippen LogP contribution is 2.56. The van der Waals surface area contributed by atoms with Gasteiger partial charge in [-0.1, -0.05) is 145 Å². The van der Waals surface area contributed by atoms with Crippen LogP contribution in [0.25, 0.3) is 12.2 Å². The highest BCUT2D eigenvalue weighted by Gasteiger charge is 2.50. The largest absolute Gasteiger partial charge is 0.478 e. The maximum atomic E-state index is 11.5. The monoisotopic (exact) mass is 764 g/mol. The molecule has 0 unspecified atom stereocenters. The van der Waals surface area contributed by atoms with Gasteiger partial charge in [-0.15, -0.1) is 0 Å². The van der Waals surface area contributed by atoms with Crippen molar-refractivity contribution >= 4 is 24.1 Å². The molecule has 6 aromatic rings. The third-order valence-electron chi connectivity index (χ3n) is 13.0. The first-order chi connectivity index (χ1) is 28.1. The number of carboxylic acid groups (broad SMARTS) is 2. The fourth-order valence-corrected chi connectivity index (χ4v) is 9.97. The zero-order chi connectivity index (χ0) is 40.0. The summed E-state index contributed by atoms with van der Waals surface area (Å²) in [5.41, 5.74) is 13.8. The zero-order valence-electron chi connectivity index (χ0n) is 32.0. The lowest BCUT2D eigenvalue weighted by Gasteiger charge is -2.35. The number of rotatable bonds is 8. The predicted octanol–water partition coefficient (Wildman–Crippen LogP) is 9.69. The average molecular weight is 765 g/mol. The number of hydrogen-bond donors (Lipinski definition) is 4. The molecule has 0 fully saturated rings. The second-order valence-electron chi connectivity index (χ2n) is 16.3. The van der Waals surface area contributed by atoms with Crippen LogP contribution in [0, 0.1) is 10.8 Å². The van der Waals surface area contributed by atoms with Crippen LogP contribution < -0.4 is 0 Å². The Bertz CT molecular complexity index is 2440. The van der Waals surface area contributed by atoms with E-state index in [1.165, 1.54) is 44.5 Å². The summed E-state index contributed by atoms with van der Waals surface area (Å²) in [4.78, 5) is 22.4. The maximum absolute atomic E-state index is 11.5. The van der Waals surface area contributed by atoms with E-state index >= 15 is 0 Å². The molecular weight excluding hydrogens is 721 g/mol. The van der Waals surface area contributed by atoms with Crippen LogP contribution in [0.3, 0.4) is 0 Å². The number of benzene rings is 6. The van der Waals surface area contributed by atoms with Gasteiger partial charge in [-0.3, -0.25) is 0 Å². The number of carboxylic acids is 2. The van der Waals surface area contributed by atoms with E-state index in [4.69, 9.17) is 0 Å². The van der Waals surface area contributed by atoms with Crippen LogP contribution in [0.4, 0.5) is 0 Å². The summed E-state index contributed by atoms with van der Waals surface area (Å²) >= 11 is 0. The minimum Gasteiger partial charge on any atom is -0.478 e. The summed E-state index contributed by atoms with van der Waals surface area (Å²) in [6, 6.07) is 47.2. The first-order valence-electron chi connectivity index (χ1n) is 19.9. The number of aromatic carboxylic acids is 2. The molecule has 288 valence electrons. The molecule has 4 aliphatic carbocycles. The van der Waals surface area contributed by atoms with E-state index < -0.39 is 35.0 Å². The van der Waals surface area contributed by atoms with Crippen molar-refractivity contribution in [1.29, 1.82) is 0 Å². The molecular formula is C52H44O6. The number of aliphatic hydroxyl groups excluding tert-OH is 2. The second-order valence-corrected chi connectivity index (χ2v) is 16.3. The van der Waals surface area contributed by atoms with E-state index in [-0.39, 0.29) is 11.1 Å². The van der Waals surface area contributed by atoms with Crippen molar-refractivity contribution in [1.82, 2.24) is 0 Å². The normalized spacial score (nSPS) is 22.1. The van der Waals surface area contributed by atoms with Gasteiger partial charge >= 0.3 is 11.9 Å². The molecule has 10 rings (SSSR count). The molecule has 6 aromatic carbocycles. The third-order valence-corrected chi connectivity index (χ3v) is 13.0. The summed E-state index contributed by atoms with van der Waals surface area (Å²) in [5, 5.41) is 41.4. The van der Waals surface area contributed by atoms with Crippen molar-refractivity contribution in [2.24, 2.45) is 10.8 Å². The molecule has 0 aliphatic heterocycles. The molecule has 4 atom stereocenters. The SMILES string of the molecule is O=C(O)c1ccc(C[C@@]2(C3=Cc4ccccc4C3)Cc3ccccc3[C@@H]2O)cc1.O=C(O)c1ccc(C[C@]2(C3=Cc4ccccc4C3)Cc3ccccc3[C@H]2O)cc1. The summed E-state index contributed by atoms with van der Waals surface area (Å²) in [6.45, 7) is 0. The number of hydrogen-bond acceptors (Lipinski definition) is 4. The van der Waals surface area contributed by atoms with Gasteiger partial charge in [-0.2, -0.15) is 0 Å². The van der Waals surface area contributed by atoms with Gasteiger partial charge in [0.15, 0.2) is 0 Å². The lowest BCUT2D eigenvalue weighted by atomic mass is 9.70. The number of carbonyl (C=O) groups is 2. The molecule has 0 aromatic heterocycles. The first kappa shape index (κ1) is 37.2. The second kappa shape index (κ2) is 14.9. The van der Waals surface area contributed by atoms with Crippen LogP contribution in [0.1, 0.15) is 88.6 Å². The van der Waals surface area contributed by atoms with Crippen LogP contribution in [-0.4, -0.2) is 32.4 Å². The molecule has 0 heterocycles. The molecule has 0 radical (unpaired) electrons. The molecule has 6 heteroatoms. The molecule has 0 saturated carbocycles. The lowest BCUT2D eigenvalue weighted by molar-refractivity contribution is 0.0649. The average Bonchev–Trinajstić information content (AvgIpc) is 4.01. The Morgan fingerprint density at radius 3 is 1.16 bits per heavy atom. The molecule has 4 aliphatic rings. The summed E-state index contributed by atoms with van der Waals surface area (Å²) in [6.07, 6.45) is 7.91. The van der Waals surface area contributed by atoms with Crippen molar-refractivity contribution in [3.63, 3.8) is 0 Å². The van der Waals surface area contributed by atoms with Crippen molar-refractivity contribution in [2.75, 3.05) is 0 Å². The first-order valence-corrected chi connectivity index (χ1v) is 19.9. The van der Waals surface area contributed by atoms with E-state index in [0.717, 1.165) is 47.9 Å². The van der Waals surface area contributed by atoms with Crippen molar-refractivity contribution in [3.8, 4) is 0 Å².